The van der Waals surface area contributed by atoms with Crippen LogP contribution in [0, 0.1) is 0 Å². The zero-order valence-corrected chi connectivity index (χ0v) is 13.4. The summed E-state index contributed by atoms with van der Waals surface area (Å²) in [6.07, 6.45) is 0. The number of hydrogen-bond donors (Lipinski definition) is 1. The third-order valence-electron chi connectivity index (χ3n) is 1.91. The first-order valence-electron chi connectivity index (χ1n) is 6.62. The number of hydrogen-bond acceptors (Lipinski definition) is 6. The molecular formula is C12H28O6Si. The molecule has 0 saturated carbocycles. The van der Waals surface area contributed by atoms with Crippen LogP contribution >= 0.6 is 0 Å². The van der Waals surface area contributed by atoms with Gasteiger partial charge in [-0.25, -0.2) is 0 Å². The predicted octanol–water partition coefficient (Wildman–Crippen LogP) is 0.854. The lowest BCUT2D eigenvalue weighted by atomic mass is 10.7. The standard InChI is InChI=1S/C12H28O6Si/c1-19(2,3)18-11-10-15-7-9-17-12-16-8-6-14-5-4-13/h13H,4-12H2,1-3H3. The minimum Gasteiger partial charge on any atom is -0.415 e. The molecule has 0 radical (unpaired) electrons. The molecule has 1 N–H and O–H groups in total. The van der Waals surface area contributed by atoms with Gasteiger partial charge in [-0.3, -0.25) is 0 Å². The lowest BCUT2D eigenvalue weighted by Crippen LogP contribution is -2.27. The van der Waals surface area contributed by atoms with Gasteiger partial charge in [0, 0.05) is 0 Å². The average Bonchev–Trinajstić information content (AvgIpc) is 2.34. The first-order chi connectivity index (χ1) is 9.06. The summed E-state index contributed by atoms with van der Waals surface area (Å²) in [5.74, 6) is 0. The van der Waals surface area contributed by atoms with Crippen molar-refractivity contribution >= 4 is 8.32 Å². The lowest BCUT2D eigenvalue weighted by molar-refractivity contribution is -0.0833. The maximum atomic E-state index is 8.46. The highest BCUT2D eigenvalue weighted by atomic mass is 28.4. The van der Waals surface area contributed by atoms with Crippen LogP contribution in [0.4, 0.5) is 0 Å². The van der Waals surface area contributed by atoms with E-state index < -0.39 is 8.32 Å². The van der Waals surface area contributed by atoms with E-state index in [0.717, 1.165) is 0 Å². The molecule has 0 unspecified atom stereocenters. The molecule has 0 saturated heterocycles. The van der Waals surface area contributed by atoms with E-state index in [4.69, 9.17) is 28.5 Å². The van der Waals surface area contributed by atoms with E-state index >= 15 is 0 Å². The summed E-state index contributed by atoms with van der Waals surface area (Å²) in [6, 6.07) is 0. The minimum atomic E-state index is -1.42. The van der Waals surface area contributed by atoms with E-state index in [1.54, 1.807) is 0 Å². The molecule has 0 rings (SSSR count). The van der Waals surface area contributed by atoms with Crippen molar-refractivity contribution in [3.63, 3.8) is 0 Å². The van der Waals surface area contributed by atoms with E-state index in [1.165, 1.54) is 0 Å². The molecule has 0 heterocycles. The Balaban J connectivity index is 2.99. The van der Waals surface area contributed by atoms with Crippen LogP contribution in [0.15, 0.2) is 0 Å². The Morgan fingerprint density at radius 1 is 0.684 bits per heavy atom. The highest BCUT2D eigenvalue weighted by Gasteiger charge is 2.12. The zero-order valence-electron chi connectivity index (χ0n) is 12.4. The van der Waals surface area contributed by atoms with Crippen molar-refractivity contribution in [1.29, 1.82) is 0 Å². The van der Waals surface area contributed by atoms with Crippen molar-refractivity contribution < 1.29 is 28.5 Å². The van der Waals surface area contributed by atoms with Crippen LogP contribution in [0.1, 0.15) is 0 Å². The second-order valence-electron chi connectivity index (χ2n) is 4.84. The maximum Gasteiger partial charge on any atom is 0.183 e. The van der Waals surface area contributed by atoms with Gasteiger partial charge < -0.3 is 28.5 Å². The molecule has 0 bridgehead atoms. The van der Waals surface area contributed by atoms with E-state index in [9.17, 15) is 0 Å². The second-order valence-corrected chi connectivity index (χ2v) is 9.36. The lowest BCUT2D eigenvalue weighted by Gasteiger charge is -2.16. The van der Waals surface area contributed by atoms with Gasteiger partial charge in [0.2, 0.25) is 0 Å². The van der Waals surface area contributed by atoms with Crippen molar-refractivity contribution in [3.8, 4) is 0 Å². The molecule has 0 aliphatic carbocycles. The van der Waals surface area contributed by atoms with E-state index in [1.807, 2.05) is 0 Å². The average molecular weight is 296 g/mol. The largest absolute Gasteiger partial charge is 0.415 e. The van der Waals surface area contributed by atoms with Crippen molar-refractivity contribution in [3.05, 3.63) is 0 Å². The van der Waals surface area contributed by atoms with Crippen LogP contribution in [0.5, 0.6) is 0 Å². The summed E-state index contributed by atoms with van der Waals surface area (Å²) in [5.41, 5.74) is 0. The van der Waals surface area contributed by atoms with Crippen molar-refractivity contribution in [2.45, 2.75) is 19.6 Å². The topological polar surface area (TPSA) is 66.4 Å². The first-order valence-corrected chi connectivity index (χ1v) is 10.0. The SMILES string of the molecule is C[Si](C)(C)OCCOCCOCOCCOCCO. The van der Waals surface area contributed by atoms with Gasteiger partial charge in [0.1, 0.15) is 6.79 Å². The summed E-state index contributed by atoms with van der Waals surface area (Å²) < 4.78 is 26.4. The summed E-state index contributed by atoms with van der Waals surface area (Å²) in [4.78, 5) is 0. The Labute approximate surface area is 117 Å². The number of aliphatic hydroxyl groups is 1. The van der Waals surface area contributed by atoms with Crippen molar-refractivity contribution in [2.24, 2.45) is 0 Å². The summed E-state index contributed by atoms with van der Waals surface area (Å²) >= 11 is 0. The van der Waals surface area contributed by atoms with Crippen LogP contribution in [0.25, 0.3) is 0 Å². The number of aliphatic hydroxyl groups excluding tert-OH is 1. The van der Waals surface area contributed by atoms with Gasteiger partial charge in [0.05, 0.1) is 52.9 Å². The molecule has 0 fully saturated rings. The molecule has 0 aromatic carbocycles. The summed E-state index contributed by atoms with van der Waals surface area (Å²) in [7, 11) is -1.42. The Kier molecular flexibility index (Phi) is 13.0. The second kappa shape index (κ2) is 13.0. The van der Waals surface area contributed by atoms with Gasteiger partial charge >= 0.3 is 0 Å². The molecule has 116 valence electrons. The van der Waals surface area contributed by atoms with Gasteiger partial charge in [0.25, 0.3) is 0 Å². The van der Waals surface area contributed by atoms with Gasteiger partial charge in [0.15, 0.2) is 8.32 Å². The smallest absolute Gasteiger partial charge is 0.183 e. The molecule has 0 aromatic heterocycles. The molecular weight excluding hydrogens is 268 g/mol. The van der Waals surface area contributed by atoms with Gasteiger partial charge in [-0.05, 0) is 19.6 Å². The molecule has 19 heavy (non-hydrogen) atoms. The van der Waals surface area contributed by atoms with Crippen molar-refractivity contribution in [1.82, 2.24) is 0 Å². The zero-order chi connectivity index (χ0) is 14.4. The predicted molar refractivity (Wildman–Crippen MR) is 74.8 cm³/mol. The van der Waals surface area contributed by atoms with E-state index in [2.05, 4.69) is 19.6 Å². The van der Waals surface area contributed by atoms with Crippen LogP contribution in [-0.4, -0.2) is 73.1 Å². The number of ether oxygens (including phenoxy) is 4. The highest BCUT2D eigenvalue weighted by Crippen LogP contribution is 2.01. The molecule has 0 spiro atoms. The Morgan fingerprint density at radius 3 is 1.68 bits per heavy atom. The molecule has 0 amide bonds. The molecule has 0 aromatic rings. The Hall–Kier alpha value is -0.0231. The fraction of sp³-hybridized carbons (Fsp3) is 1.00. The molecule has 0 atom stereocenters. The van der Waals surface area contributed by atoms with Crippen LogP contribution in [0.3, 0.4) is 0 Å². The van der Waals surface area contributed by atoms with Crippen LogP contribution < -0.4 is 0 Å². The Morgan fingerprint density at radius 2 is 1.16 bits per heavy atom. The minimum absolute atomic E-state index is 0.0370. The third kappa shape index (κ3) is 18.0. The maximum absolute atomic E-state index is 8.46. The molecule has 6 nitrogen and oxygen atoms in total. The molecule has 0 aliphatic heterocycles. The fourth-order valence-corrected chi connectivity index (χ4v) is 1.78. The fourth-order valence-electron chi connectivity index (χ4n) is 1.09. The van der Waals surface area contributed by atoms with Gasteiger partial charge in [-0.15, -0.1) is 0 Å². The normalized spacial score (nSPS) is 12.0. The van der Waals surface area contributed by atoms with E-state index in [-0.39, 0.29) is 13.4 Å². The van der Waals surface area contributed by atoms with Gasteiger partial charge in [-0.1, -0.05) is 0 Å². The van der Waals surface area contributed by atoms with E-state index in [0.29, 0.717) is 46.2 Å². The first kappa shape index (κ1) is 19.0. The van der Waals surface area contributed by atoms with Crippen LogP contribution in [0.2, 0.25) is 19.6 Å². The number of rotatable bonds is 14. The highest BCUT2D eigenvalue weighted by molar-refractivity contribution is 6.69. The van der Waals surface area contributed by atoms with Gasteiger partial charge in [-0.2, -0.15) is 0 Å². The third-order valence-corrected chi connectivity index (χ3v) is 2.98. The Bertz CT molecular complexity index is 186. The summed E-state index contributed by atoms with van der Waals surface area (Å²) in [6.45, 7) is 10.3. The summed E-state index contributed by atoms with van der Waals surface area (Å²) in [5, 5.41) is 8.46. The monoisotopic (exact) mass is 296 g/mol. The molecule has 7 heteroatoms. The molecule has 0 aliphatic rings. The van der Waals surface area contributed by atoms with Crippen molar-refractivity contribution in [2.75, 3.05) is 59.6 Å². The van der Waals surface area contributed by atoms with Crippen LogP contribution in [-0.2, 0) is 23.4 Å². The quantitative estimate of drug-likeness (QED) is 0.291.